The molecule has 106 valence electrons. The number of benzene rings is 1. The fraction of sp³-hybridized carbons (Fsp3) is 0.412. The third kappa shape index (κ3) is 2.48. The molecule has 1 aliphatic heterocycles. The van der Waals surface area contributed by atoms with Gasteiger partial charge in [0.25, 0.3) is 0 Å². The summed E-state index contributed by atoms with van der Waals surface area (Å²) in [6, 6.07) is 11.1. The highest BCUT2D eigenvalue weighted by Crippen LogP contribution is 2.42. The molecule has 2 atom stereocenters. The van der Waals surface area contributed by atoms with Crippen molar-refractivity contribution in [1.82, 2.24) is 5.32 Å². The molecule has 3 rings (SSSR count). The largest absolute Gasteiger partial charge is 0.493 e. The van der Waals surface area contributed by atoms with Crippen LogP contribution in [-0.2, 0) is 0 Å². The lowest BCUT2D eigenvalue weighted by Crippen LogP contribution is -2.30. The number of hydrogen-bond donors (Lipinski definition) is 1. The third-order valence-electron chi connectivity index (χ3n) is 4.07. The summed E-state index contributed by atoms with van der Waals surface area (Å²) in [5.74, 6) is 1.55. The maximum Gasteiger partial charge on any atom is 0.122 e. The van der Waals surface area contributed by atoms with Crippen LogP contribution < -0.4 is 10.1 Å². The molecule has 1 aromatic heterocycles. The van der Waals surface area contributed by atoms with E-state index in [1.54, 1.807) is 0 Å². The standard InChI is InChI=1S/C17H21NOS/c1-3-18-17(13-9-11-20-12(13)2)15-8-10-19-16-7-5-4-6-14(15)16/h4-7,9,11,15,17-18H,3,8,10H2,1-2H3. The Balaban J connectivity index is 1.99. The molecule has 2 heterocycles. The summed E-state index contributed by atoms with van der Waals surface area (Å²) in [5, 5.41) is 5.88. The smallest absolute Gasteiger partial charge is 0.122 e. The van der Waals surface area contributed by atoms with Crippen LogP contribution in [-0.4, -0.2) is 13.2 Å². The molecule has 1 N–H and O–H groups in total. The van der Waals surface area contributed by atoms with Crippen LogP contribution in [0, 0.1) is 6.92 Å². The van der Waals surface area contributed by atoms with Crippen LogP contribution in [0.25, 0.3) is 0 Å². The Morgan fingerprint density at radius 1 is 1.35 bits per heavy atom. The highest BCUT2D eigenvalue weighted by atomic mass is 32.1. The number of para-hydroxylation sites is 1. The average molecular weight is 287 g/mol. The van der Waals surface area contributed by atoms with Gasteiger partial charge in [0, 0.05) is 16.8 Å². The molecule has 2 aromatic rings. The van der Waals surface area contributed by atoms with Crippen LogP contribution in [0.15, 0.2) is 35.7 Å². The van der Waals surface area contributed by atoms with E-state index in [0.29, 0.717) is 12.0 Å². The van der Waals surface area contributed by atoms with E-state index in [1.165, 1.54) is 16.0 Å². The second-order valence-corrected chi connectivity index (χ2v) is 6.37. The molecule has 0 aliphatic carbocycles. The minimum atomic E-state index is 0.385. The van der Waals surface area contributed by atoms with Crippen LogP contribution >= 0.6 is 11.3 Å². The topological polar surface area (TPSA) is 21.3 Å². The van der Waals surface area contributed by atoms with Crippen molar-refractivity contribution in [2.75, 3.05) is 13.2 Å². The molecule has 0 spiro atoms. The molecule has 0 radical (unpaired) electrons. The van der Waals surface area contributed by atoms with Crippen LogP contribution in [0.4, 0.5) is 0 Å². The second-order valence-electron chi connectivity index (χ2n) is 5.25. The molecule has 0 bridgehead atoms. The number of aryl methyl sites for hydroxylation is 1. The van der Waals surface area contributed by atoms with Gasteiger partial charge < -0.3 is 10.1 Å². The van der Waals surface area contributed by atoms with Crippen LogP contribution in [0.3, 0.4) is 0 Å². The number of likely N-dealkylation sites (N-methyl/N-ethyl adjacent to an activating group) is 1. The Morgan fingerprint density at radius 2 is 2.20 bits per heavy atom. The van der Waals surface area contributed by atoms with Crippen molar-refractivity contribution in [2.24, 2.45) is 0 Å². The Labute approximate surface area is 124 Å². The molecule has 3 heteroatoms. The normalized spacial score (nSPS) is 19.2. The fourth-order valence-corrected chi connectivity index (χ4v) is 3.87. The van der Waals surface area contributed by atoms with E-state index in [4.69, 9.17) is 4.74 Å². The van der Waals surface area contributed by atoms with Crippen LogP contribution in [0.5, 0.6) is 5.75 Å². The minimum absolute atomic E-state index is 0.385. The number of hydrogen-bond acceptors (Lipinski definition) is 3. The minimum Gasteiger partial charge on any atom is -0.493 e. The number of nitrogens with one attached hydrogen (secondary N) is 1. The Hall–Kier alpha value is -1.32. The van der Waals surface area contributed by atoms with Crippen molar-refractivity contribution >= 4 is 11.3 Å². The lowest BCUT2D eigenvalue weighted by Gasteiger charge is -2.33. The number of ether oxygens (including phenoxy) is 1. The fourth-order valence-electron chi connectivity index (χ4n) is 3.12. The van der Waals surface area contributed by atoms with E-state index in [2.05, 4.69) is 54.9 Å². The molecule has 0 amide bonds. The Kier molecular flexibility index (Phi) is 4.08. The molecular weight excluding hydrogens is 266 g/mol. The van der Waals surface area contributed by atoms with Crippen molar-refractivity contribution in [3.8, 4) is 5.75 Å². The molecule has 20 heavy (non-hydrogen) atoms. The number of thiophene rings is 1. The molecule has 1 aromatic carbocycles. The van der Waals surface area contributed by atoms with E-state index < -0.39 is 0 Å². The number of fused-ring (bicyclic) bond motifs is 1. The van der Waals surface area contributed by atoms with Crippen molar-refractivity contribution < 1.29 is 4.74 Å². The predicted molar refractivity (Wildman–Crippen MR) is 84.8 cm³/mol. The molecule has 2 unspecified atom stereocenters. The summed E-state index contributed by atoms with van der Waals surface area (Å²) in [6.07, 6.45) is 1.07. The summed E-state index contributed by atoms with van der Waals surface area (Å²) in [7, 11) is 0. The van der Waals surface area contributed by atoms with E-state index in [1.807, 2.05) is 11.3 Å². The van der Waals surface area contributed by atoms with Gasteiger partial charge in [-0.25, -0.2) is 0 Å². The van der Waals surface area contributed by atoms with E-state index in [9.17, 15) is 0 Å². The van der Waals surface area contributed by atoms with Crippen molar-refractivity contribution in [2.45, 2.75) is 32.2 Å². The first-order valence-electron chi connectivity index (χ1n) is 7.30. The van der Waals surface area contributed by atoms with Crippen LogP contribution in [0.1, 0.15) is 41.3 Å². The molecule has 0 saturated carbocycles. The third-order valence-corrected chi connectivity index (χ3v) is 4.93. The Bertz CT molecular complexity index is 578. The van der Waals surface area contributed by atoms with E-state index in [-0.39, 0.29) is 0 Å². The summed E-state index contributed by atoms with van der Waals surface area (Å²) < 4.78 is 5.80. The van der Waals surface area contributed by atoms with Gasteiger partial charge >= 0.3 is 0 Å². The molecule has 0 saturated heterocycles. The zero-order chi connectivity index (χ0) is 13.9. The van der Waals surface area contributed by atoms with Crippen molar-refractivity contribution in [1.29, 1.82) is 0 Å². The van der Waals surface area contributed by atoms with Gasteiger partial charge in [0.15, 0.2) is 0 Å². The quantitative estimate of drug-likeness (QED) is 0.906. The van der Waals surface area contributed by atoms with Crippen LogP contribution in [0.2, 0.25) is 0 Å². The van der Waals surface area contributed by atoms with Gasteiger partial charge in [-0.1, -0.05) is 25.1 Å². The highest BCUT2D eigenvalue weighted by molar-refractivity contribution is 7.10. The first kappa shape index (κ1) is 13.7. The van der Waals surface area contributed by atoms with Crippen molar-refractivity contribution in [3.63, 3.8) is 0 Å². The maximum atomic E-state index is 5.80. The van der Waals surface area contributed by atoms with Gasteiger partial charge in [0.1, 0.15) is 5.75 Å². The van der Waals surface area contributed by atoms with Crippen molar-refractivity contribution in [3.05, 3.63) is 51.7 Å². The molecule has 1 aliphatic rings. The van der Waals surface area contributed by atoms with Gasteiger partial charge in [-0.15, -0.1) is 11.3 Å². The second kappa shape index (κ2) is 5.98. The predicted octanol–water partition coefficient (Wildman–Crippen LogP) is 4.27. The lowest BCUT2D eigenvalue weighted by atomic mass is 9.83. The summed E-state index contributed by atoms with van der Waals surface area (Å²) in [4.78, 5) is 1.42. The Morgan fingerprint density at radius 3 is 2.95 bits per heavy atom. The first-order chi connectivity index (χ1) is 9.81. The molecule has 2 nitrogen and oxygen atoms in total. The van der Waals surface area contributed by atoms with E-state index >= 15 is 0 Å². The van der Waals surface area contributed by atoms with Gasteiger partial charge in [-0.05, 0) is 48.5 Å². The van der Waals surface area contributed by atoms with Gasteiger partial charge in [0.2, 0.25) is 0 Å². The maximum absolute atomic E-state index is 5.80. The summed E-state index contributed by atoms with van der Waals surface area (Å²) >= 11 is 1.83. The summed E-state index contributed by atoms with van der Waals surface area (Å²) in [6.45, 7) is 6.20. The highest BCUT2D eigenvalue weighted by Gasteiger charge is 2.30. The first-order valence-corrected chi connectivity index (χ1v) is 8.18. The zero-order valence-electron chi connectivity index (χ0n) is 12.1. The molecular formula is C17H21NOS. The summed E-state index contributed by atoms with van der Waals surface area (Å²) in [5.41, 5.74) is 2.79. The molecule has 0 fully saturated rings. The SMILES string of the molecule is CCNC(c1ccsc1C)C1CCOc2ccccc21. The lowest BCUT2D eigenvalue weighted by molar-refractivity contribution is 0.246. The van der Waals surface area contributed by atoms with Gasteiger partial charge in [-0.2, -0.15) is 0 Å². The average Bonchev–Trinajstić information content (AvgIpc) is 2.90. The monoisotopic (exact) mass is 287 g/mol. The zero-order valence-corrected chi connectivity index (χ0v) is 12.9. The van der Waals surface area contributed by atoms with Gasteiger partial charge in [0.05, 0.1) is 6.61 Å². The van der Waals surface area contributed by atoms with E-state index in [0.717, 1.165) is 25.3 Å². The number of rotatable bonds is 4. The van der Waals surface area contributed by atoms with Gasteiger partial charge in [-0.3, -0.25) is 0 Å².